The molecule has 0 radical (unpaired) electrons. The summed E-state index contributed by atoms with van der Waals surface area (Å²) in [7, 11) is 0. The van der Waals surface area contributed by atoms with Crippen LogP contribution < -0.4 is 4.74 Å². The summed E-state index contributed by atoms with van der Waals surface area (Å²) < 4.78 is 19.0. The molecule has 0 spiro atoms. The first-order chi connectivity index (χ1) is 9.78. The molecule has 0 unspecified atom stereocenters. The van der Waals surface area contributed by atoms with Crippen molar-refractivity contribution in [3.8, 4) is 17.6 Å². The Morgan fingerprint density at radius 3 is 2.80 bits per heavy atom. The standard InChI is InChI=1S/C16H19ClFNO/c17-6-3-5-14-11-15(18)13-16(12-14)20-10-4-9-19-7-1-2-8-19/h11-13H,1-2,4,6-10H2. The zero-order chi connectivity index (χ0) is 14.2. The van der Waals surface area contributed by atoms with Crippen LogP contribution in [0.5, 0.6) is 5.75 Å². The molecule has 1 aliphatic heterocycles. The lowest BCUT2D eigenvalue weighted by atomic mass is 10.2. The van der Waals surface area contributed by atoms with E-state index in [1.807, 2.05) is 0 Å². The van der Waals surface area contributed by atoms with Gasteiger partial charge in [0.05, 0.1) is 12.5 Å². The van der Waals surface area contributed by atoms with Gasteiger partial charge in [0, 0.05) is 18.2 Å². The van der Waals surface area contributed by atoms with Gasteiger partial charge in [-0.2, -0.15) is 0 Å². The summed E-state index contributed by atoms with van der Waals surface area (Å²) in [6.45, 7) is 4.03. The van der Waals surface area contributed by atoms with Crippen molar-refractivity contribution in [3.05, 3.63) is 29.6 Å². The number of nitrogens with zero attached hydrogens (tertiary/aromatic N) is 1. The van der Waals surface area contributed by atoms with Gasteiger partial charge in [-0.3, -0.25) is 0 Å². The Bertz CT molecular complexity index is 489. The van der Waals surface area contributed by atoms with Crippen LogP contribution in [0.4, 0.5) is 4.39 Å². The van der Waals surface area contributed by atoms with Crippen LogP contribution in [0.2, 0.25) is 0 Å². The first-order valence-electron chi connectivity index (χ1n) is 6.98. The number of hydrogen-bond acceptors (Lipinski definition) is 2. The van der Waals surface area contributed by atoms with Crippen LogP contribution in [0.3, 0.4) is 0 Å². The smallest absolute Gasteiger partial charge is 0.128 e. The van der Waals surface area contributed by atoms with Gasteiger partial charge in [0.25, 0.3) is 0 Å². The van der Waals surface area contributed by atoms with Gasteiger partial charge in [-0.05, 0) is 44.5 Å². The van der Waals surface area contributed by atoms with Crippen molar-refractivity contribution in [1.82, 2.24) is 4.90 Å². The molecule has 20 heavy (non-hydrogen) atoms. The van der Waals surface area contributed by atoms with Crippen LogP contribution in [0.15, 0.2) is 18.2 Å². The second kappa shape index (κ2) is 8.14. The molecule has 1 aromatic rings. The highest BCUT2D eigenvalue weighted by Crippen LogP contribution is 2.16. The quantitative estimate of drug-likeness (QED) is 0.469. The molecule has 0 aliphatic carbocycles. The Labute approximate surface area is 124 Å². The first-order valence-corrected chi connectivity index (χ1v) is 7.52. The lowest BCUT2D eigenvalue weighted by Crippen LogP contribution is -2.21. The minimum atomic E-state index is -0.332. The maximum Gasteiger partial charge on any atom is 0.128 e. The van der Waals surface area contributed by atoms with Crippen molar-refractivity contribution in [2.24, 2.45) is 0 Å². The van der Waals surface area contributed by atoms with E-state index in [9.17, 15) is 4.39 Å². The third-order valence-corrected chi connectivity index (χ3v) is 3.39. The Morgan fingerprint density at radius 1 is 1.25 bits per heavy atom. The van der Waals surface area contributed by atoms with Crippen LogP contribution in [-0.2, 0) is 0 Å². The predicted octanol–water partition coefficient (Wildman–Crippen LogP) is 3.28. The maximum absolute atomic E-state index is 13.4. The Hall–Kier alpha value is -1.24. The summed E-state index contributed by atoms with van der Waals surface area (Å²) >= 11 is 5.49. The average molecular weight is 296 g/mol. The van der Waals surface area contributed by atoms with Gasteiger partial charge < -0.3 is 9.64 Å². The van der Waals surface area contributed by atoms with E-state index in [4.69, 9.17) is 16.3 Å². The molecule has 1 fully saturated rings. The summed E-state index contributed by atoms with van der Waals surface area (Å²) in [6.07, 6.45) is 3.56. The number of benzene rings is 1. The fourth-order valence-corrected chi connectivity index (χ4v) is 2.40. The molecular formula is C16H19ClFNO. The van der Waals surface area contributed by atoms with E-state index in [1.165, 1.54) is 38.1 Å². The zero-order valence-corrected chi connectivity index (χ0v) is 12.3. The van der Waals surface area contributed by atoms with Crippen molar-refractivity contribution in [1.29, 1.82) is 0 Å². The van der Waals surface area contributed by atoms with Gasteiger partial charge in [0.1, 0.15) is 11.6 Å². The third-order valence-electron chi connectivity index (χ3n) is 3.26. The summed E-state index contributed by atoms with van der Waals surface area (Å²) in [5.74, 6) is 5.95. The predicted molar refractivity (Wildman–Crippen MR) is 79.8 cm³/mol. The molecule has 1 aromatic carbocycles. The molecule has 0 amide bonds. The lowest BCUT2D eigenvalue weighted by Gasteiger charge is -2.14. The van der Waals surface area contributed by atoms with E-state index >= 15 is 0 Å². The van der Waals surface area contributed by atoms with Gasteiger partial charge in [0.15, 0.2) is 0 Å². The van der Waals surface area contributed by atoms with Crippen LogP contribution in [0.25, 0.3) is 0 Å². The number of rotatable bonds is 5. The van der Waals surface area contributed by atoms with E-state index < -0.39 is 0 Å². The monoisotopic (exact) mass is 295 g/mol. The van der Waals surface area contributed by atoms with Crippen molar-refractivity contribution >= 4 is 11.6 Å². The second-order valence-corrected chi connectivity index (χ2v) is 5.13. The number of ether oxygens (including phenoxy) is 1. The zero-order valence-electron chi connectivity index (χ0n) is 11.5. The van der Waals surface area contributed by atoms with E-state index in [0.29, 0.717) is 17.9 Å². The SMILES string of the molecule is Fc1cc(C#CCCl)cc(OCCCN2CCCC2)c1. The van der Waals surface area contributed by atoms with Crippen molar-refractivity contribution < 1.29 is 9.13 Å². The summed E-state index contributed by atoms with van der Waals surface area (Å²) in [5, 5.41) is 0. The number of hydrogen-bond donors (Lipinski definition) is 0. The third kappa shape index (κ3) is 5.03. The van der Waals surface area contributed by atoms with Gasteiger partial charge in [-0.1, -0.05) is 11.8 Å². The molecule has 2 rings (SSSR count). The van der Waals surface area contributed by atoms with Gasteiger partial charge in [-0.25, -0.2) is 4.39 Å². The molecule has 4 heteroatoms. The van der Waals surface area contributed by atoms with Gasteiger partial charge >= 0.3 is 0 Å². The highest BCUT2D eigenvalue weighted by molar-refractivity contribution is 6.19. The summed E-state index contributed by atoms with van der Waals surface area (Å²) in [6, 6.07) is 4.52. The number of likely N-dealkylation sites (tertiary alicyclic amines) is 1. The fourth-order valence-electron chi connectivity index (χ4n) is 2.34. The first kappa shape index (κ1) is 15.2. The molecular weight excluding hydrogens is 277 g/mol. The molecule has 1 heterocycles. The molecule has 1 aliphatic rings. The lowest BCUT2D eigenvalue weighted by molar-refractivity contribution is 0.262. The van der Waals surface area contributed by atoms with Crippen LogP contribution in [0.1, 0.15) is 24.8 Å². The molecule has 0 N–H and O–H groups in total. The molecule has 2 nitrogen and oxygen atoms in total. The van der Waals surface area contributed by atoms with Crippen molar-refractivity contribution in [2.75, 3.05) is 32.1 Å². The number of alkyl halides is 1. The van der Waals surface area contributed by atoms with E-state index in [1.54, 1.807) is 6.07 Å². The average Bonchev–Trinajstić information content (AvgIpc) is 2.94. The summed E-state index contributed by atoms with van der Waals surface area (Å²) in [4.78, 5) is 2.44. The number of halogens is 2. The van der Waals surface area contributed by atoms with E-state index in [2.05, 4.69) is 16.7 Å². The second-order valence-electron chi connectivity index (χ2n) is 4.86. The Balaban J connectivity index is 1.80. The van der Waals surface area contributed by atoms with E-state index in [0.717, 1.165) is 13.0 Å². The fraction of sp³-hybridized carbons (Fsp3) is 0.500. The van der Waals surface area contributed by atoms with E-state index in [-0.39, 0.29) is 11.7 Å². The highest BCUT2D eigenvalue weighted by Gasteiger charge is 2.10. The van der Waals surface area contributed by atoms with Crippen molar-refractivity contribution in [3.63, 3.8) is 0 Å². The molecule has 1 saturated heterocycles. The minimum Gasteiger partial charge on any atom is -0.493 e. The normalized spacial score (nSPS) is 14.9. The Kier molecular flexibility index (Phi) is 6.17. The van der Waals surface area contributed by atoms with Gasteiger partial charge in [0.2, 0.25) is 0 Å². The highest BCUT2D eigenvalue weighted by atomic mass is 35.5. The Morgan fingerprint density at radius 2 is 2.05 bits per heavy atom. The minimum absolute atomic E-state index is 0.239. The molecule has 108 valence electrons. The topological polar surface area (TPSA) is 12.5 Å². The summed E-state index contributed by atoms with van der Waals surface area (Å²) in [5.41, 5.74) is 0.597. The largest absolute Gasteiger partial charge is 0.493 e. The van der Waals surface area contributed by atoms with Crippen LogP contribution >= 0.6 is 11.6 Å². The molecule has 0 atom stereocenters. The van der Waals surface area contributed by atoms with Crippen LogP contribution in [0, 0.1) is 17.7 Å². The van der Waals surface area contributed by atoms with Crippen molar-refractivity contribution in [2.45, 2.75) is 19.3 Å². The molecule has 0 saturated carbocycles. The maximum atomic E-state index is 13.4. The molecule has 0 aromatic heterocycles. The molecule has 0 bridgehead atoms. The van der Waals surface area contributed by atoms with Crippen LogP contribution in [-0.4, -0.2) is 37.0 Å². The van der Waals surface area contributed by atoms with Gasteiger partial charge in [-0.15, -0.1) is 11.6 Å².